The molecule has 4 heteroatoms. The Labute approximate surface area is 353 Å². The summed E-state index contributed by atoms with van der Waals surface area (Å²) in [6.45, 7) is 18.5. The molecule has 0 saturated carbocycles. The second-order valence-corrected chi connectivity index (χ2v) is 20.9. The third kappa shape index (κ3) is 8.81. The maximum absolute atomic E-state index is 6.67. The lowest BCUT2D eigenvalue weighted by Crippen LogP contribution is -2.42. The van der Waals surface area contributed by atoms with E-state index in [4.69, 9.17) is 9.47 Å². The van der Waals surface area contributed by atoms with Crippen molar-refractivity contribution in [2.24, 2.45) is 0 Å². The molecule has 0 bridgehead atoms. The molecular formula is C54H66O2P2. The summed E-state index contributed by atoms with van der Waals surface area (Å²) in [5, 5.41) is 5.82. The Balaban J connectivity index is 1.94. The highest BCUT2D eigenvalue weighted by Crippen LogP contribution is 2.74. The second kappa shape index (κ2) is 19.9. The molecular weight excluding hydrogens is 743 g/mol. The number of hydrogen-bond acceptors (Lipinski definition) is 2. The summed E-state index contributed by atoms with van der Waals surface area (Å²) in [7, 11) is 1.47. The zero-order valence-electron chi connectivity index (χ0n) is 37.0. The molecule has 5 aromatic carbocycles. The van der Waals surface area contributed by atoms with Crippen molar-refractivity contribution in [2.45, 2.75) is 118 Å². The molecule has 1 aliphatic rings. The van der Waals surface area contributed by atoms with E-state index in [0.29, 0.717) is 0 Å². The smallest absolute Gasteiger partial charge is 0.126 e. The van der Waals surface area contributed by atoms with Gasteiger partial charge in [-0.15, -0.1) is 0 Å². The Morgan fingerprint density at radius 2 is 0.776 bits per heavy atom. The van der Waals surface area contributed by atoms with Crippen LogP contribution in [0.4, 0.5) is 0 Å². The van der Waals surface area contributed by atoms with Gasteiger partial charge in [0, 0.05) is 11.1 Å². The normalized spacial score (nSPS) is 13.8. The van der Waals surface area contributed by atoms with Crippen LogP contribution in [0.2, 0.25) is 0 Å². The van der Waals surface area contributed by atoms with E-state index in [-0.39, 0.29) is 0 Å². The number of aryl methyl sites for hydroxylation is 8. The van der Waals surface area contributed by atoms with Crippen LogP contribution in [0.3, 0.4) is 0 Å². The number of benzene rings is 5. The minimum Gasteiger partial charge on any atom is -0.496 e. The van der Waals surface area contributed by atoms with Gasteiger partial charge in [-0.2, -0.15) is 0 Å². The molecule has 0 spiro atoms. The molecule has 0 heterocycles. The second-order valence-electron chi connectivity index (χ2n) is 15.6. The summed E-state index contributed by atoms with van der Waals surface area (Å²) in [5.41, 5.74) is 13.7. The Kier molecular flexibility index (Phi) is 14.9. The van der Waals surface area contributed by atoms with Gasteiger partial charge >= 0.3 is 0 Å². The lowest BCUT2D eigenvalue weighted by atomic mass is 9.94. The first kappa shape index (κ1) is 43.6. The third-order valence-electron chi connectivity index (χ3n) is 12.1. The van der Waals surface area contributed by atoms with E-state index < -0.39 is 20.7 Å². The fraction of sp³-hybridized carbons (Fsp3) is 0.370. The standard InChI is InChI=1S/C54H66O2P2/c1-11-38-26-39(12-2)31-46(30-38)57(47-32-40(13-3)27-41(14-4)33-47)54(25-21-24-52(56-10)53(54)50-22-19-20-23-51(50)55-9)58(48-34-42(15-5)28-43(16-6)35-48)49-36-44(17-7)29-45(18-8)37-49/h19-24,26-37H,11-18,25H2,1-10H3. The maximum atomic E-state index is 6.67. The molecule has 0 unspecified atom stereocenters. The molecule has 0 amide bonds. The average Bonchev–Trinajstić information content (AvgIpc) is 3.28. The van der Waals surface area contributed by atoms with Gasteiger partial charge in [0.25, 0.3) is 0 Å². The maximum Gasteiger partial charge on any atom is 0.126 e. The Morgan fingerprint density at radius 1 is 0.448 bits per heavy atom. The lowest BCUT2D eigenvalue weighted by molar-refractivity contribution is 0.306. The summed E-state index contributed by atoms with van der Waals surface area (Å²) >= 11 is 0. The van der Waals surface area contributed by atoms with Gasteiger partial charge in [-0.1, -0.05) is 152 Å². The summed E-state index contributed by atoms with van der Waals surface area (Å²) in [4.78, 5) is -0.442. The van der Waals surface area contributed by atoms with Gasteiger partial charge in [-0.3, -0.25) is 0 Å². The minimum atomic E-state index is -1.11. The quantitative estimate of drug-likeness (QED) is 0.0871. The van der Waals surface area contributed by atoms with Crippen LogP contribution in [-0.4, -0.2) is 19.1 Å². The highest BCUT2D eigenvalue weighted by atomic mass is 31.2. The molecule has 1 aliphatic carbocycles. The predicted molar refractivity (Wildman–Crippen MR) is 257 cm³/mol. The molecule has 6 rings (SSSR count). The summed E-state index contributed by atoms with van der Waals surface area (Å²) in [6, 6.07) is 39.1. The highest BCUT2D eigenvalue weighted by molar-refractivity contribution is 7.91. The van der Waals surface area contributed by atoms with Crippen molar-refractivity contribution in [2.75, 3.05) is 14.2 Å². The highest BCUT2D eigenvalue weighted by Gasteiger charge is 2.54. The fourth-order valence-corrected chi connectivity index (χ4v) is 17.2. The third-order valence-corrected chi connectivity index (χ3v) is 18.7. The fourth-order valence-electron chi connectivity index (χ4n) is 8.86. The molecule has 304 valence electrons. The predicted octanol–water partition coefficient (Wildman–Crippen LogP) is 12.5. The molecule has 0 atom stereocenters. The molecule has 2 nitrogen and oxygen atoms in total. The summed E-state index contributed by atoms with van der Waals surface area (Å²) in [5.74, 6) is 1.82. The number of hydrogen-bond donors (Lipinski definition) is 0. The van der Waals surface area contributed by atoms with Crippen molar-refractivity contribution in [3.05, 3.63) is 165 Å². The van der Waals surface area contributed by atoms with Gasteiger partial charge in [-0.25, -0.2) is 0 Å². The molecule has 0 aliphatic heterocycles. The molecule has 5 aromatic rings. The zero-order valence-corrected chi connectivity index (χ0v) is 38.8. The molecule has 0 radical (unpaired) electrons. The average molecular weight is 809 g/mol. The van der Waals surface area contributed by atoms with Gasteiger partial charge in [0.2, 0.25) is 0 Å². The zero-order chi connectivity index (χ0) is 41.4. The Hall–Kier alpha value is -3.96. The van der Waals surface area contributed by atoms with Gasteiger partial charge in [0.05, 0.1) is 19.1 Å². The van der Waals surface area contributed by atoms with Crippen LogP contribution in [-0.2, 0) is 56.1 Å². The van der Waals surface area contributed by atoms with E-state index in [9.17, 15) is 0 Å². The van der Waals surface area contributed by atoms with Gasteiger partial charge < -0.3 is 9.47 Å². The first-order valence-electron chi connectivity index (χ1n) is 21.9. The van der Waals surface area contributed by atoms with Crippen LogP contribution >= 0.6 is 15.8 Å². The van der Waals surface area contributed by atoms with Crippen molar-refractivity contribution >= 4 is 42.6 Å². The molecule has 0 N–H and O–H groups in total. The number of allylic oxidation sites excluding steroid dienone is 3. The molecule has 0 aromatic heterocycles. The Bertz CT molecular complexity index is 1950. The number of rotatable bonds is 17. The minimum absolute atomic E-state index is 0.442. The van der Waals surface area contributed by atoms with Gasteiger partial charge in [0.15, 0.2) is 0 Å². The number of ether oxygens (including phenoxy) is 2. The van der Waals surface area contributed by atoms with Crippen molar-refractivity contribution in [1.82, 2.24) is 0 Å². The van der Waals surface area contributed by atoms with Crippen molar-refractivity contribution in [1.29, 1.82) is 0 Å². The Morgan fingerprint density at radius 3 is 1.07 bits per heavy atom. The van der Waals surface area contributed by atoms with Crippen molar-refractivity contribution < 1.29 is 9.47 Å². The molecule has 58 heavy (non-hydrogen) atoms. The first-order valence-corrected chi connectivity index (χ1v) is 24.6. The van der Waals surface area contributed by atoms with Gasteiger partial charge in [0.1, 0.15) is 11.5 Å². The van der Waals surface area contributed by atoms with Crippen LogP contribution < -0.4 is 26.0 Å². The monoisotopic (exact) mass is 808 g/mol. The van der Waals surface area contributed by atoms with E-state index in [1.54, 1.807) is 0 Å². The van der Waals surface area contributed by atoms with Crippen molar-refractivity contribution in [3.63, 3.8) is 0 Å². The number of methoxy groups -OCH3 is 2. The summed E-state index contributed by atoms with van der Waals surface area (Å²) in [6.07, 6.45) is 13.5. The summed E-state index contributed by atoms with van der Waals surface area (Å²) < 4.78 is 13.0. The molecule has 0 fully saturated rings. The lowest BCUT2D eigenvalue weighted by Gasteiger charge is -2.51. The van der Waals surface area contributed by atoms with Crippen LogP contribution in [0.5, 0.6) is 5.75 Å². The molecule has 0 saturated heterocycles. The van der Waals surface area contributed by atoms with E-state index >= 15 is 0 Å². The van der Waals surface area contributed by atoms with E-state index in [2.05, 4.69) is 165 Å². The topological polar surface area (TPSA) is 18.5 Å². The SMILES string of the molecule is CCc1cc(CC)cc(P(c2cc(CC)cc(CC)c2)C2(P(c3cc(CC)cc(CC)c3)c3cc(CC)cc(CC)c3)CC=CC(OC)=C2c2ccccc2OC)c1. The van der Waals surface area contributed by atoms with Crippen LogP contribution in [0.1, 0.15) is 112 Å². The van der Waals surface area contributed by atoms with Crippen LogP contribution in [0.15, 0.2) is 115 Å². The van der Waals surface area contributed by atoms with E-state index in [1.165, 1.54) is 71.3 Å². The van der Waals surface area contributed by atoms with E-state index in [1.807, 2.05) is 14.2 Å². The van der Waals surface area contributed by atoms with Crippen LogP contribution in [0, 0.1) is 0 Å². The number of para-hydroxylation sites is 1. The largest absolute Gasteiger partial charge is 0.496 e. The van der Waals surface area contributed by atoms with Gasteiger partial charge in [-0.05, 0) is 151 Å². The van der Waals surface area contributed by atoms with E-state index in [0.717, 1.165) is 74.9 Å². The van der Waals surface area contributed by atoms with Crippen molar-refractivity contribution in [3.8, 4) is 5.75 Å². The van der Waals surface area contributed by atoms with Crippen LogP contribution in [0.25, 0.3) is 5.57 Å². The first-order chi connectivity index (χ1) is 28.2.